The molecule has 0 spiro atoms. The van der Waals surface area contributed by atoms with Crippen LogP contribution in [-0.2, 0) is 0 Å². The molecule has 3 heterocycles. The lowest BCUT2D eigenvalue weighted by atomic mass is 9.69. The number of ketones is 2. The first-order chi connectivity index (χ1) is 15.0. The number of thiazole rings is 2. The van der Waals surface area contributed by atoms with Gasteiger partial charge in [-0.05, 0) is 24.1 Å². The van der Waals surface area contributed by atoms with Gasteiger partial charge in [-0.15, -0.1) is 22.7 Å². The summed E-state index contributed by atoms with van der Waals surface area (Å²) < 4.78 is 14.5. The highest BCUT2D eigenvalue weighted by Crippen LogP contribution is 2.42. The standard InChI is InChI=1S/C22H22FN3O3S2/c1-13-14(3-2-4-17(13)23)18-15(19(28)21-24-5-9-30-21)11-26(7-8-27)12-16(18)20(29)22-25-6-10-31-22/h2-6,9-10,15-16,18,27H,7-8,11-12H2,1H3/t15-,16-/m0/s1. The van der Waals surface area contributed by atoms with Crippen LogP contribution in [0, 0.1) is 24.6 Å². The van der Waals surface area contributed by atoms with Gasteiger partial charge in [-0.2, -0.15) is 0 Å². The number of likely N-dealkylation sites (tertiary alicyclic amines) is 1. The Bertz CT molecular complexity index is 1000. The fourth-order valence-electron chi connectivity index (χ4n) is 4.38. The van der Waals surface area contributed by atoms with Gasteiger partial charge in [0.2, 0.25) is 0 Å². The lowest BCUT2D eigenvalue weighted by molar-refractivity contribution is 0.0528. The maximum Gasteiger partial charge on any atom is 0.196 e. The van der Waals surface area contributed by atoms with Crippen LogP contribution < -0.4 is 0 Å². The fraction of sp³-hybridized carbons (Fsp3) is 0.364. The Hall–Kier alpha value is -2.33. The predicted octanol–water partition coefficient (Wildman–Crippen LogP) is 3.44. The van der Waals surface area contributed by atoms with Crippen molar-refractivity contribution in [2.75, 3.05) is 26.2 Å². The summed E-state index contributed by atoms with van der Waals surface area (Å²) in [4.78, 5) is 37.3. The zero-order valence-corrected chi connectivity index (χ0v) is 18.5. The maximum absolute atomic E-state index is 14.5. The third kappa shape index (κ3) is 4.36. The van der Waals surface area contributed by atoms with Gasteiger partial charge in [0.1, 0.15) is 5.82 Å². The number of halogens is 1. The van der Waals surface area contributed by atoms with Crippen molar-refractivity contribution in [2.24, 2.45) is 11.8 Å². The molecule has 9 heteroatoms. The normalized spacial score (nSPS) is 20.1. The summed E-state index contributed by atoms with van der Waals surface area (Å²) in [5.41, 5.74) is 1.10. The second kappa shape index (κ2) is 9.44. The molecule has 0 amide bonds. The minimum absolute atomic E-state index is 0.0833. The van der Waals surface area contributed by atoms with Crippen LogP contribution in [0.3, 0.4) is 0 Å². The van der Waals surface area contributed by atoms with Crippen LogP contribution in [0.1, 0.15) is 36.6 Å². The maximum atomic E-state index is 14.5. The summed E-state index contributed by atoms with van der Waals surface area (Å²) in [6, 6.07) is 4.80. The smallest absolute Gasteiger partial charge is 0.196 e. The summed E-state index contributed by atoms with van der Waals surface area (Å²) in [6.45, 7) is 2.67. The van der Waals surface area contributed by atoms with E-state index in [1.807, 2.05) is 4.90 Å². The average molecular weight is 460 g/mol. The number of hydrogen-bond acceptors (Lipinski definition) is 8. The number of benzene rings is 1. The van der Waals surface area contributed by atoms with Gasteiger partial charge in [0, 0.05) is 60.5 Å². The Kier molecular flexibility index (Phi) is 6.66. The van der Waals surface area contributed by atoms with Crippen molar-refractivity contribution < 1.29 is 19.1 Å². The zero-order chi connectivity index (χ0) is 22.0. The third-order valence-electron chi connectivity index (χ3n) is 5.82. The second-order valence-corrected chi connectivity index (χ2v) is 9.37. The van der Waals surface area contributed by atoms with Gasteiger partial charge >= 0.3 is 0 Å². The van der Waals surface area contributed by atoms with E-state index in [2.05, 4.69) is 9.97 Å². The van der Waals surface area contributed by atoms with Crippen LogP contribution in [0.4, 0.5) is 4.39 Å². The highest BCUT2D eigenvalue weighted by atomic mass is 32.1. The quantitative estimate of drug-likeness (QED) is 0.545. The van der Waals surface area contributed by atoms with E-state index in [-0.39, 0.29) is 24.0 Å². The molecular formula is C22H22FN3O3S2. The SMILES string of the molecule is Cc1c(F)cccc1C1[C@@H](C(=O)c2nccs2)CN(CCO)C[C@@H]1C(=O)c1nccs1. The molecule has 0 radical (unpaired) electrons. The molecule has 1 fully saturated rings. The Morgan fingerprint density at radius 3 is 2.16 bits per heavy atom. The van der Waals surface area contributed by atoms with Crippen molar-refractivity contribution in [3.8, 4) is 0 Å². The van der Waals surface area contributed by atoms with Crippen molar-refractivity contribution >= 4 is 34.2 Å². The molecule has 1 aliphatic heterocycles. The van der Waals surface area contributed by atoms with Gasteiger partial charge in [0.05, 0.1) is 6.61 Å². The van der Waals surface area contributed by atoms with E-state index in [9.17, 15) is 19.1 Å². The Labute approximate surface area is 187 Å². The summed E-state index contributed by atoms with van der Waals surface area (Å²) in [6.07, 6.45) is 3.15. The second-order valence-electron chi connectivity index (χ2n) is 7.58. The molecule has 3 aromatic rings. The number of carbonyl (C=O) groups is 2. The Balaban J connectivity index is 1.83. The van der Waals surface area contributed by atoms with Crippen LogP contribution in [0.5, 0.6) is 0 Å². The number of rotatable bonds is 7. The van der Waals surface area contributed by atoms with Gasteiger partial charge in [0.15, 0.2) is 21.6 Å². The largest absolute Gasteiger partial charge is 0.395 e. The lowest BCUT2D eigenvalue weighted by Gasteiger charge is -2.42. The van der Waals surface area contributed by atoms with E-state index >= 15 is 0 Å². The molecular weight excluding hydrogens is 437 g/mol. The van der Waals surface area contributed by atoms with E-state index < -0.39 is 17.8 Å². The Morgan fingerprint density at radius 1 is 1.10 bits per heavy atom. The molecule has 4 rings (SSSR count). The molecule has 0 saturated carbocycles. The molecule has 6 nitrogen and oxygen atoms in total. The van der Waals surface area contributed by atoms with E-state index in [1.165, 1.54) is 28.7 Å². The van der Waals surface area contributed by atoms with Gasteiger partial charge in [0.25, 0.3) is 0 Å². The highest BCUT2D eigenvalue weighted by Gasteiger charge is 2.46. The fourth-order valence-corrected chi connectivity index (χ4v) is 5.66. The number of Topliss-reactive ketones (excluding diaryl/α,β-unsaturated/α-hetero) is 2. The van der Waals surface area contributed by atoms with Gasteiger partial charge < -0.3 is 5.11 Å². The monoisotopic (exact) mass is 459 g/mol. The first-order valence-corrected chi connectivity index (χ1v) is 11.7. The van der Waals surface area contributed by atoms with Crippen molar-refractivity contribution in [2.45, 2.75) is 12.8 Å². The highest BCUT2D eigenvalue weighted by molar-refractivity contribution is 7.12. The van der Waals surface area contributed by atoms with Crippen LogP contribution in [0.15, 0.2) is 41.4 Å². The number of nitrogens with zero attached hydrogens (tertiary/aromatic N) is 3. The first-order valence-electron chi connectivity index (χ1n) is 9.97. The minimum Gasteiger partial charge on any atom is -0.395 e. The molecule has 1 aromatic carbocycles. The molecule has 0 bridgehead atoms. The molecule has 0 unspecified atom stereocenters. The zero-order valence-electron chi connectivity index (χ0n) is 16.9. The molecule has 162 valence electrons. The predicted molar refractivity (Wildman–Crippen MR) is 117 cm³/mol. The summed E-state index contributed by atoms with van der Waals surface area (Å²) >= 11 is 2.51. The van der Waals surface area contributed by atoms with E-state index in [4.69, 9.17) is 0 Å². The number of hydrogen-bond donors (Lipinski definition) is 1. The number of aliphatic hydroxyl groups excluding tert-OH is 1. The number of carbonyl (C=O) groups excluding carboxylic acids is 2. The minimum atomic E-state index is -0.596. The number of aromatic nitrogens is 2. The van der Waals surface area contributed by atoms with Gasteiger partial charge in [-0.25, -0.2) is 14.4 Å². The first kappa shape index (κ1) is 21.9. The van der Waals surface area contributed by atoms with Crippen LogP contribution >= 0.6 is 22.7 Å². The van der Waals surface area contributed by atoms with Crippen LogP contribution in [0.2, 0.25) is 0 Å². The van der Waals surface area contributed by atoms with Crippen molar-refractivity contribution in [3.05, 3.63) is 68.3 Å². The van der Waals surface area contributed by atoms with Crippen LogP contribution in [0.25, 0.3) is 0 Å². The van der Waals surface area contributed by atoms with Gasteiger partial charge in [-0.3, -0.25) is 14.5 Å². The number of piperidine rings is 1. The molecule has 1 saturated heterocycles. The van der Waals surface area contributed by atoms with E-state index in [0.29, 0.717) is 40.8 Å². The molecule has 1 aliphatic rings. The number of aliphatic hydroxyl groups is 1. The van der Waals surface area contributed by atoms with Crippen LogP contribution in [-0.4, -0.2) is 57.8 Å². The summed E-state index contributed by atoms with van der Waals surface area (Å²) in [7, 11) is 0. The molecule has 2 aromatic heterocycles. The Morgan fingerprint density at radius 2 is 1.68 bits per heavy atom. The molecule has 0 aliphatic carbocycles. The molecule has 2 atom stereocenters. The van der Waals surface area contributed by atoms with Crippen molar-refractivity contribution in [3.63, 3.8) is 0 Å². The number of β-amino-alcohol motifs (C(OH)–C–C–N with tert-alkyl or cyclic N) is 1. The average Bonchev–Trinajstić information content (AvgIpc) is 3.49. The van der Waals surface area contributed by atoms with Crippen molar-refractivity contribution in [1.29, 1.82) is 0 Å². The third-order valence-corrected chi connectivity index (χ3v) is 7.40. The van der Waals surface area contributed by atoms with Gasteiger partial charge in [-0.1, -0.05) is 12.1 Å². The van der Waals surface area contributed by atoms with Crippen molar-refractivity contribution in [1.82, 2.24) is 14.9 Å². The van der Waals surface area contributed by atoms with E-state index in [1.54, 1.807) is 42.2 Å². The topological polar surface area (TPSA) is 83.4 Å². The molecule has 31 heavy (non-hydrogen) atoms. The lowest BCUT2D eigenvalue weighted by Crippen LogP contribution is -2.51. The summed E-state index contributed by atoms with van der Waals surface area (Å²) in [5.74, 6) is -2.40. The molecule has 1 N–H and O–H groups in total. The summed E-state index contributed by atoms with van der Waals surface area (Å²) in [5, 5.41) is 13.7. The van der Waals surface area contributed by atoms with E-state index in [0.717, 1.165) is 0 Å².